The molecule has 3 aliphatic carbocycles. The van der Waals surface area contributed by atoms with Crippen molar-refractivity contribution in [1.29, 1.82) is 0 Å². The van der Waals surface area contributed by atoms with Gasteiger partial charge in [0.25, 0.3) is 0 Å². The Morgan fingerprint density at radius 1 is 1.38 bits per heavy atom. The minimum absolute atomic E-state index is 0.141. The van der Waals surface area contributed by atoms with E-state index >= 15 is 0 Å². The number of Topliss-reactive ketones (excluding diaryl/α,β-unsaturated/α-hetero) is 1. The summed E-state index contributed by atoms with van der Waals surface area (Å²) >= 11 is 0. The van der Waals surface area contributed by atoms with Crippen molar-refractivity contribution in [2.45, 2.75) is 39.5 Å². The molecule has 0 unspecified atom stereocenters. The maximum absolute atomic E-state index is 12.0. The molecule has 2 nitrogen and oxygen atoms in total. The van der Waals surface area contributed by atoms with Crippen LogP contribution >= 0.6 is 0 Å². The van der Waals surface area contributed by atoms with E-state index in [4.69, 9.17) is 0 Å². The molecule has 0 spiro atoms. The molecule has 0 aromatic carbocycles. The number of aliphatic hydroxyl groups is 1. The van der Waals surface area contributed by atoms with Crippen LogP contribution in [0.4, 0.5) is 0 Å². The SMILES string of the molecule is C[C@@H]1CC[C@@H]2C(=O)CC[C@@H]3[C@H]([C@H]12)[C@@]3(C)CO. The molecule has 0 radical (unpaired) electrons. The van der Waals surface area contributed by atoms with Gasteiger partial charge in [0.2, 0.25) is 0 Å². The van der Waals surface area contributed by atoms with Crippen molar-refractivity contribution in [2.75, 3.05) is 6.61 Å². The van der Waals surface area contributed by atoms with Gasteiger partial charge in [-0.1, -0.05) is 13.8 Å². The van der Waals surface area contributed by atoms with Crippen molar-refractivity contribution in [1.82, 2.24) is 0 Å². The van der Waals surface area contributed by atoms with Crippen LogP contribution in [0.3, 0.4) is 0 Å². The fraction of sp³-hybridized carbons (Fsp3) is 0.929. The molecule has 1 N–H and O–H groups in total. The molecule has 3 saturated carbocycles. The Bertz CT molecular complexity index is 325. The molecule has 0 bridgehead atoms. The number of aliphatic hydroxyl groups excluding tert-OH is 1. The molecule has 2 heteroatoms. The van der Waals surface area contributed by atoms with Gasteiger partial charge in [-0.3, -0.25) is 4.79 Å². The lowest BCUT2D eigenvalue weighted by Crippen LogP contribution is -2.25. The van der Waals surface area contributed by atoms with Crippen molar-refractivity contribution in [3.63, 3.8) is 0 Å². The highest BCUT2D eigenvalue weighted by Crippen LogP contribution is 2.69. The average Bonchev–Trinajstić information content (AvgIpc) is 2.73. The third-order valence-electron chi connectivity index (χ3n) is 5.86. The largest absolute Gasteiger partial charge is 0.396 e. The highest BCUT2D eigenvalue weighted by atomic mass is 16.3. The zero-order chi connectivity index (χ0) is 11.5. The third kappa shape index (κ3) is 1.20. The molecule has 0 aliphatic heterocycles. The summed E-state index contributed by atoms with van der Waals surface area (Å²) in [4.78, 5) is 12.0. The summed E-state index contributed by atoms with van der Waals surface area (Å²) in [5.74, 6) is 3.37. The van der Waals surface area contributed by atoms with E-state index in [0.29, 0.717) is 42.0 Å². The van der Waals surface area contributed by atoms with E-state index in [-0.39, 0.29) is 5.41 Å². The third-order valence-corrected chi connectivity index (χ3v) is 5.86. The van der Waals surface area contributed by atoms with E-state index in [0.717, 1.165) is 19.3 Å². The minimum Gasteiger partial charge on any atom is -0.396 e. The van der Waals surface area contributed by atoms with Crippen LogP contribution in [-0.4, -0.2) is 17.5 Å². The molecule has 3 aliphatic rings. The van der Waals surface area contributed by atoms with E-state index in [2.05, 4.69) is 13.8 Å². The van der Waals surface area contributed by atoms with Crippen molar-refractivity contribution < 1.29 is 9.90 Å². The normalized spacial score (nSPS) is 55.4. The molecule has 16 heavy (non-hydrogen) atoms. The zero-order valence-corrected chi connectivity index (χ0v) is 10.3. The Morgan fingerprint density at radius 3 is 2.81 bits per heavy atom. The summed E-state index contributed by atoms with van der Waals surface area (Å²) in [6.07, 6.45) is 4.12. The first kappa shape index (κ1) is 10.8. The lowest BCUT2D eigenvalue weighted by Gasteiger charge is -2.23. The van der Waals surface area contributed by atoms with Gasteiger partial charge in [0.05, 0.1) is 0 Å². The highest BCUT2D eigenvalue weighted by molar-refractivity contribution is 5.82. The second kappa shape index (κ2) is 3.32. The van der Waals surface area contributed by atoms with Crippen molar-refractivity contribution in [3.05, 3.63) is 0 Å². The molecule has 6 atom stereocenters. The number of fused-ring (bicyclic) bond motifs is 3. The first-order valence-corrected chi connectivity index (χ1v) is 6.73. The van der Waals surface area contributed by atoms with Crippen LogP contribution in [0.2, 0.25) is 0 Å². The summed E-state index contributed by atoms with van der Waals surface area (Å²) < 4.78 is 0. The maximum atomic E-state index is 12.0. The molecule has 0 amide bonds. The lowest BCUT2D eigenvalue weighted by atomic mass is 9.81. The van der Waals surface area contributed by atoms with Crippen LogP contribution in [-0.2, 0) is 4.79 Å². The van der Waals surface area contributed by atoms with Gasteiger partial charge in [-0.2, -0.15) is 0 Å². The number of carbonyl (C=O) groups excluding carboxylic acids is 1. The Balaban J connectivity index is 1.91. The van der Waals surface area contributed by atoms with Crippen molar-refractivity contribution in [3.8, 4) is 0 Å². The van der Waals surface area contributed by atoms with E-state index in [1.54, 1.807) is 0 Å². The molecule has 0 aromatic rings. The van der Waals surface area contributed by atoms with Crippen molar-refractivity contribution >= 4 is 5.78 Å². The second-order valence-electron chi connectivity index (χ2n) is 6.54. The van der Waals surface area contributed by atoms with E-state index in [9.17, 15) is 9.90 Å². The van der Waals surface area contributed by atoms with Crippen LogP contribution in [0.1, 0.15) is 39.5 Å². The zero-order valence-electron chi connectivity index (χ0n) is 10.3. The Morgan fingerprint density at radius 2 is 2.12 bits per heavy atom. The predicted octanol–water partition coefficient (Wildman–Crippen LogP) is 2.26. The summed E-state index contributed by atoms with van der Waals surface area (Å²) in [7, 11) is 0. The summed E-state index contributed by atoms with van der Waals surface area (Å²) in [5.41, 5.74) is 0.141. The van der Waals surface area contributed by atoms with Gasteiger partial charge in [0.1, 0.15) is 5.78 Å². The molecular formula is C14H22O2. The Hall–Kier alpha value is -0.370. The molecule has 3 rings (SSSR count). The molecule has 0 heterocycles. The minimum atomic E-state index is 0.141. The Kier molecular flexibility index (Phi) is 2.23. The van der Waals surface area contributed by atoms with Gasteiger partial charge >= 0.3 is 0 Å². The van der Waals surface area contributed by atoms with Crippen LogP contribution in [0.15, 0.2) is 0 Å². The average molecular weight is 222 g/mol. The standard InChI is InChI=1S/C14H22O2/c1-8-3-4-9-11(16)6-5-10-13(12(8)9)14(10,2)7-15/h8-10,12-13,15H,3-7H2,1-2H3/t8-,9-,10-,12-,13-,14+/m1/s1. The molecule has 90 valence electrons. The van der Waals surface area contributed by atoms with Crippen molar-refractivity contribution in [2.24, 2.45) is 35.0 Å². The van der Waals surface area contributed by atoms with Crippen LogP contribution < -0.4 is 0 Å². The molecule has 3 fully saturated rings. The van der Waals surface area contributed by atoms with Gasteiger partial charge < -0.3 is 5.11 Å². The smallest absolute Gasteiger partial charge is 0.136 e. The van der Waals surface area contributed by atoms with Gasteiger partial charge in [-0.15, -0.1) is 0 Å². The number of ketones is 1. The monoisotopic (exact) mass is 222 g/mol. The van der Waals surface area contributed by atoms with Crippen LogP contribution in [0, 0.1) is 35.0 Å². The number of rotatable bonds is 1. The fourth-order valence-electron chi connectivity index (χ4n) is 4.83. The highest BCUT2D eigenvalue weighted by Gasteiger charge is 2.67. The van der Waals surface area contributed by atoms with Gasteiger partial charge in [0, 0.05) is 18.9 Å². The summed E-state index contributed by atoms with van der Waals surface area (Å²) in [6, 6.07) is 0. The van der Waals surface area contributed by atoms with Crippen LogP contribution in [0.25, 0.3) is 0 Å². The first-order valence-electron chi connectivity index (χ1n) is 6.73. The van der Waals surface area contributed by atoms with Gasteiger partial charge in [-0.25, -0.2) is 0 Å². The quantitative estimate of drug-likeness (QED) is 0.739. The topological polar surface area (TPSA) is 37.3 Å². The number of hydrogen-bond acceptors (Lipinski definition) is 2. The maximum Gasteiger partial charge on any atom is 0.136 e. The van der Waals surface area contributed by atoms with Gasteiger partial charge in [-0.05, 0) is 48.3 Å². The number of carbonyl (C=O) groups is 1. The number of hydrogen-bond donors (Lipinski definition) is 1. The van der Waals surface area contributed by atoms with E-state index in [1.807, 2.05) is 0 Å². The first-order chi connectivity index (χ1) is 7.59. The van der Waals surface area contributed by atoms with E-state index in [1.165, 1.54) is 6.42 Å². The predicted molar refractivity (Wildman–Crippen MR) is 61.8 cm³/mol. The molecular weight excluding hydrogens is 200 g/mol. The summed E-state index contributed by atoms with van der Waals surface area (Å²) in [6.45, 7) is 4.84. The van der Waals surface area contributed by atoms with Crippen LogP contribution in [0.5, 0.6) is 0 Å². The second-order valence-corrected chi connectivity index (χ2v) is 6.54. The lowest BCUT2D eigenvalue weighted by molar-refractivity contribution is -0.124. The van der Waals surface area contributed by atoms with E-state index < -0.39 is 0 Å². The molecule has 0 aromatic heterocycles. The summed E-state index contributed by atoms with van der Waals surface area (Å²) in [5, 5.41) is 9.58. The van der Waals surface area contributed by atoms with Gasteiger partial charge in [0.15, 0.2) is 0 Å². The Labute approximate surface area is 97.4 Å². The fourth-order valence-corrected chi connectivity index (χ4v) is 4.83. The molecule has 0 saturated heterocycles.